The van der Waals surface area contributed by atoms with Crippen molar-refractivity contribution in [3.05, 3.63) is 56.5 Å². The molecule has 0 aromatic heterocycles. The summed E-state index contributed by atoms with van der Waals surface area (Å²) in [7, 11) is 0. The Morgan fingerprint density at radius 1 is 0.897 bits per heavy atom. The second-order valence-electron chi connectivity index (χ2n) is 8.31. The Labute approximate surface area is 197 Å². The third-order valence-corrected chi connectivity index (χ3v) is 7.01. The standard InChI is InChI=1S/C24H31Br2ClO2/c1-6-16(2)14-28-20-9-7-18(8-10-20)24(4,5)19-11-21(25)23(22(26)12-19)29-15-17(3)13-27/h7-12,16-17H,6,13-15H2,1-5H3/t16-,17-/m1/s1. The summed E-state index contributed by atoms with van der Waals surface area (Å²) in [4.78, 5) is 0. The van der Waals surface area contributed by atoms with Crippen molar-refractivity contribution < 1.29 is 9.47 Å². The molecule has 0 spiro atoms. The molecule has 0 aliphatic carbocycles. The fourth-order valence-electron chi connectivity index (χ4n) is 2.82. The first-order chi connectivity index (χ1) is 13.7. The lowest BCUT2D eigenvalue weighted by Crippen LogP contribution is -2.19. The van der Waals surface area contributed by atoms with Crippen molar-refractivity contribution in [3.63, 3.8) is 0 Å². The third-order valence-electron chi connectivity index (χ3n) is 5.30. The number of hydrogen-bond acceptors (Lipinski definition) is 2. The van der Waals surface area contributed by atoms with E-state index >= 15 is 0 Å². The van der Waals surface area contributed by atoms with Gasteiger partial charge < -0.3 is 9.47 Å². The van der Waals surface area contributed by atoms with Crippen LogP contribution < -0.4 is 9.47 Å². The van der Waals surface area contributed by atoms with Gasteiger partial charge in [-0.25, -0.2) is 0 Å². The predicted molar refractivity (Wildman–Crippen MR) is 131 cm³/mol. The number of rotatable bonds is 10. The van der Waals surface area contributed by atoms with E-state index in [4.69, 9.17) is 21.1 Å². The van der Waals surface area contributed by atoms with Crippen molar-refractivity contribution in [1.82, 2.24) is 0 Å². The molecule has 0 aliphatic heterocycles. The molecule has 2 atom stereocenters. The number of ether oxygens (including phenoxy) is 2. The minimum Gasteiger partial charge on any atom is -0.493 e. The first-order valence-corrected chi connectivity index (χ1v) is 12.2. The molecular formula is C24H31Br2ClO2. The van der Waals surface area contributed by atoms with Gasteiger partial charge in [-0.3, -0.25) is 0 Å². The molecule has 2 aromatic carbocycles. The minimum atomic E-state index is -0.164. The molecule has 0 N–H and O–H groups in total. The summed E-state index contributed by atoms with van der Waals surface area (Å²) in [5.74, 6) is 3.18. The van der Waals surface area contributed by atoms with Crippen LogP contribution in [0.1, 0.15) is 52.2 Å². The zero-order valence-electron chi connectivity index (χ0n) is 17.9. The van der Waals surface area contributed by atoms with Crippen molar-refractivity contribution >= 4 is 43.5 Å². The zero-order chi connectivity index (χ0) is 21.6. The predicted octanol–water partition coefficient (Wildman–Crippen LogP) is 8.22. The van der Waals surface area contributed by atoms with E-state index in [1.807, 2.05) is 0 Å². The Hall–Kier alpha value is -0.710. The largest absolute Gasteiger partial charge is 0.493 e. The van der Waals surface area contributed by atoms with Crippen LogP contribution in [-0.2, 0) is 5.41 Å². The van der Waals surface area contributed by atoms with E-state index < -0.39 is 0 Å². The Morgan fingerprint density at radius 2 is 1.45 bits per heavy atom. The smallest absolute Gasteiger partial charge is 0.147 e. The van der Waals surface area contributed by atoms with Crippen molar-refractivity contribution in [3.8, 4) is 11.5 Å². The second kappa shape index (κ2) is 11.1. The van der Waals surface area contributed by atoms with Crippen LogP contribution in [0.2, 0.25) is 0 Å². The monoisotopic (exact) mass is 544 g/mol. The summed E-state index contributed by atoms with van der Waals surface area (Å²) in [6.45, 7) is 12.3. The quantitative estimate of drug-likeness (QED) is 0.280. The summed E-state index contributed by atoms with van der Waals surface area (Å²) < 4.78 is 13.7. The highest BCUT2D eigenvalue weighted by Gasteiger charge is 2.25. The van der Waals surface area contributed by atoms with Crippen molar-refractivity contribution in [2.75, 3.05) is 19.1 Å². The van der Waals surface area contributed by atoms with Crippen LogP contribution in [0, 0.1) is 11.8 Å². The maximum atomic E-state index is 5.97. The van der Waals surface area contributed by atoms with Crippen LogP contribution in [-0.4, -0.2) is 19.1 Å². The van der Waals surface area contributed by atoms with Gasteiger partial charge in [-0.1, -0.05) is 53.2 Å². The van der Waals surface area contributed by atoms with Gasteiger partial charge in [-0.2, -0.15) is 0 Å². The van der Waals surface area contributed by atoms with Crippen LogP contribution in [0.3, 0.4) is 0 Å². The highest BCUT2D eigenvalue weighted by molar-refractivity contribution is 9.11. The van der Waals surface area contributed by atoms with Gasteiger partial charge in [0.15, 0.2) is 0 Å². The molecule has 0 saturated carbocycles. The molecule has 0 bridgehead atoms. The Bertz CT molecular complexity index is 767. The fraction of sp³-hybridized carbons (Fsp3) is 0.500. The molecule has 0 aliphatic rings. The molecule has 2 aromatic rings. The molecule has 0 heterocycles. The Balaban J connectivity index is 2.19. The van der Waals surface area contributed by atoms with E-state index in [2.05, 4.69) is 103 Å². The summed E-state index contributed by atoms with van der Waals surface area (Å²) in [5.41, 5.74) is 2.27. The highest BCUT2D eigenvalue weighted by Crippen LogP contribution is 2.41. The van der Waals surface area contributed by atoms with Crippen molar-refractivity contribution in [2.24, 2.45) is 11.8 Å². The van der Waals surface area contributed by atoms with Crippen LogP contribution in [0.25, 0.3) is 0 Å². The van der Waals surface area contributed by atoms with Gasteiger partial charge in [0.2, 0.25) is 0 Å². The lowest BCUT2D eigenvalue weighted by Gasteiger charge is -2.27. The SMILES string of the molecule is CC[C@@H](C)COc1ccc(C(C)(C)c2cc(Br)c(OC[C@H](C)CCl)c(Br)c2)cc1. The van der Waals surface area contributed by atoms with Gasteiger partial charge >= 0.3 is 0 Å². The summed E-state index contributed by atoms with van der Waals surface area (Å²) in [6.07, 6.45) is 1.12. The lowest BCUT2D eigenvalue weighted by atomic mass is 9.78. The Kier molecular flexibility index (Phi) is 9.37. The maximum absolute atomic E-state index is 5.97. The van der Waals surface area contributed by atoms with Gasteiger partial charge in [0.25, 0.3) is 0 Å². The Morgan fingerprint density at radius 3 is 1.97 bits per heavy atom. The maximum Gasteiger partial charge on any atom is 0.147 e. The van der Waals surface area contributed by atoms with Gasteiger partial charge in [-0.15, -0.1) is 11.6 Å². The van der Waals surface area contributed by atoms with Gasteiger partial charge in [0, 0.05) is 17.2 Å². The number of halogens is 3. The summed E-state index contributed by atoms with van der Waals surface area (Å²) >= 11 is 13.3. The molecule has 5 heteroatoms. The molecule has 0 saturated heterocycles. The summed E-state index contributed by atoms with van der Waals surface area (Å²) in [6, 6.07) is 12.7. The number of benzene rings is 2. The van der Waals surface area contributed by atoms with E-state index in [1.54, 1.807) is 0 Å². The van der Waals surface area contributed by atoms with Gasteiger partial charge in [0.1, 0.15) is 11.5 Å². The normalized spacial score (nSPS) is 13.8. The molecule has 2 nitrogen and oxygen atoms in total. The number of alkyl halides is 1. The molecule has 160 valence electrons. The van der Waals surface area contributed by atoms with Crippen LogP contribution in [0.15, 0.2) is 45.3 Å². The molecule has 29 heavy (non-hydrogen) atoms. The third kappa shape index (κ3) is 6.63. The minimum absolute atomic E-state index is 0.164. The molecular weight excluding hydrogens is 516 g/mol. The van der Waals surface area contributed by atoms with Gasteiger partial charge in [0.05, 0.1) is 22.2 Å². The summed E-state index contributed by atoms with van der Waals surface area (Å²) in [5, 5.41) is 0. The number of hydrogen-bond donors (Lipinski definition) is 0. The molecule has 0 amide bonds. The van der Waals surface area contributed by atoms with Crippen molar-refractivity contribution in [1.29, 1.82) is 0 Å². The lowest BCUT2D eigenvalue weighted by molar-refractivity contribution is 0.256. The van der Waals surface area contributed by atoms with E-state index in [1.165, 1.54) is 11.1 Å². The van der Waals surface area contributed by atoms with Crippen LogP contribution in [0.4, 0.5) is 0 Å². The van der Waals surface area contributed by atoms with E-state index in [9.17, 15) is 0 Å². The average molecular weight is 547 g/mol. The zero-order valence-corrected chi connectivity index (χ0v) is 21.8. The molecule has 0 fully saturated rings. The second-order valence-corrected chi connectivity index (χ2v) is 10.3. The van der Waals surface area contributed by atoms with Crippen LogP contribution >= 0.6 is 43.5 Å². The topological polar surface area (TPSA) is 18.5 Å². The first-order valence-electron chi connectivity index (χ1n) is 10.1. The first kappa shape index (κ1) is 24.6. The fourth-order valence-corrected chi connectivity index (χ4v) is 4.32. The molecule has 2 rings (SSSR count). The van der Waals surface area contributed by atoms with E-state index in [0.717, 1.165) is 33.5 Å². The van der Waals surface area contributed by atoms with Crippen LogP contribution in [0.5, 0.6) is 11.5 Å². The average Bonchev–Trinajstić information content (AvgIpc) is 2.71. The van der Waals surface area contributed by atoms with Crippen molar-refractivity contribution in [2.45, 2.75) is 46.5 Å². The highest BCUT2D eigenvalue weighted by atomic mass is 79.9. The molecule has 0 unspecified atom stereocenters. The molecule has 0 radical (unpaired) electrons. The van der Waals surface area contributed by atoms with Gasteiger partial charge in [-0.05, 0) is 73.2 Å². The van der Waals surface area contributed by atoms with E-state index in [-0.39, 0.29) is 5.41 Å². The van der Waals surface area contributed by atoms with E-state index in [0.29, 0.717) is 24.3 Å².